The number of carbonyl (C=O) groups is 1. The molecule has 1 heterocycles. The molecule has 9 heavy (non-hydrogen) atoms. The molecule has 4 heteroatoms. The molecule has 0 spiro atoms. The molecule has 0 aliphatic carbocycles. The maximum absolute atomic E-state index is 10.7. The molecule has 0 saturated carbocycles. The van der Waals surface area contributed by atoms with Gasteiger partial charge in [-0.2, -0.15) is 0 Å². The Morgan fingerprint density at radius 2 is 2.22 bits per heavy atom. The summed E-state index contributed by atoms with van der Waals surface area (Å²) < 4.78 is 0. The molecule has 1 rings (SSSR count). The minimum Gasteiger partial charge on any atom is -0.273 e. The van der Waals surface area contributed by atoms with E-state index in [2.05, 4.69) is 10.3 Å². The summed E-state index contributed by atoms with van der Waals surface area (Å²) in [5.74, 6) is -0.0301. The van der Waals surface area contributed by atoms with Crippen molar-refractivity contribution in [2.24, 2.45) is 5.41 Å². The van der Waals surface area contributed by atoms with Crippen LogP contribution >= 0.6 is 0 Å². The Balaban J connectivity index is 0.000000640. The molecule has 3 nitrogen and oxygen atoms in total. The van der Waals surface area contributed by atoms with Gasteiger partial charge in [-0.25, -0.2) is 5.48 Å². The molecule has 0 aromatic heterocycles. The van der Waals surface area contributed by atoms with Crippen molar-refractivity contribution in [1.29, 1.82) is 0 Å². The van der Waals surface area contributed by atoms with Crippen LogP contribution < -0.4 is 5.48 Å². The van der Waals surface area contributed by atoms with Gasteiger partial charge in [-0.15, -0.1) is 0 Å². The first kappa shape index (κ1) is 9.43. The van der Waals surface area contributed by atoms with Crippen LogP contribution in [-0.2, 0) is 9.63 Å². The Hall–Kier alpha value is 0.430. The number of rotatable bonds is 0. The molecule has 1 aliphatic rings. The molecule has 47 valence electrons. The molecule has 1 fully saturated rings. The quantitative estimate of drug-likeness (QED) is 0.466. The summed E-state index contributed by atoms with van der Waals surface area (Å²) in [4.78, 5) is 15.3. The second kappa shape index (κ2) is 3.01. The zero-order valence-electron chi connectivity index (χ0n) is 6.02. The van der Waals surface area contributed by atoms with Crippen molar-refractivity contribution in [3.05, 3.63) is 0 Å². The molecule has 0 aromatic rings. The van der Waals surface area contributed by atoms with Gasteiger partial charge in [-0.05, 0) is 13.8 Å². The molecule has 1 aliphatic heterocycles. The predicted octanol–water partition coefficient (Wildman–Crippen LogP) is -0.307. The van der Waals surface area contributed by atoms with E-state index < -0.39 is 0 Å². The van der Waals surface area contributed by atoms with Crippen LogP contribution in [-0.4, -0.2) is 42.1 Å². The molecular weight excluding hydrogens is 129 g/mol. The first-order valence-corrected chi connectivity index (χ1v) is 2.55. The predicted molar refractivity (Wildman–Crippen MR) is 33.6 cm³/mol. The fourth-order valence-electron chi connectivity index (χ4n) is 0.486. The minimum absolute atomic E-state index is 0. The van der Waals surface area contributed by atoms with E-state index in [4.69, 9.17) is 0 Å². The first-order valence-electron chi connectivity index (χ1n) is 2.55. The van der Waals surface area contributed by atoms with E-state index in [1.165, 1.54) is 0 Å². The van der Waals surface area contributed by atoms with Gasteiger partial charge in [-0.3, -0.25) is 9.63 Å². The van der Waals surface area contributed by atoms with Crippen LogP contribution in [0.25, 0.3) is 0 Å². The van der Waals surface area contributed by atoms with Crippen LogP contribution in [0.4, 0.5) is 0 Å². The summed E-state index contributed by atoms with van der Waals surface area (Å²) in [5, 5.41) is 0. The summed E-state index contributed by atoms with van der Waals surface area (Å²) in [6.07, 6.45) is 0. The summed E-state index contributed by atoms with van der Waals surface area (Å²) in [6.45, 7) is 4.16. The second-order valence-electron chi connectivity index (χ2n) is 2.60. The normalized spacial score (nSPS) is 22.7. The van der Waals surface area contributed by atoms with Gasteiger partial charge in [0.2, 0.25) is 0 Å². The molecule has 0 atom stereocenters. The minimum atomic E-state index is -0.319. The third-order valence-electron chi connectivity index (χ3n) is 1.21. The van der Waals surface area contributed by atoms with E-state index in [0.29, 0.717) is 6.61 Å². The van der Waals surface area contributed by atoms with Gasteiger partial charge in [0.25, 0.3) is 5.91 Å². The zero-order valence-corrected chi connectivity index (χ0v) is 8.02. The Labute approximate surface area is 76.4 Å². The summed E-state index contributed by atoms with van der Waals surface area (Å²) in [5.41, 5.74) is 1.95. The van der Waals surface area contributed by atoms with Crippen molar-refractivity contribution in [3.63, 3.8) is 0 Å². The van der Waals surface area contributed by atoms with Gasteiger partial charge in [0.05, 0.1) is 12.0 Å². The molecule has 0 bridgehead atoms. The van der Waals surface area contributed by atoms with Crippen molar-refractivity contribution in [2.75, 3.05) is 6.61 Å². The summed E-state index contributed by atoms with van der Waals surface area (Å²) in [7, 11) is 0. The van der Waals surface area contributed by atoms with E-state index in [0.717, 1.165) is 0 Å². The van der Waals surface area contributed by atoms with Crippen LogP contribution in [0, 0.1) is 5.41 Å². The number of hydrogen-bond acceptors (Lipinski definition) is 2. The standard InChI is InChI=1S/C5H9NO2.Na/c1-5(2)3-8-6-4(5)7;/h3H2,1-2H3,(H,6,7);. The maximum Gasteiger partial charge on any atom is 0.251 e. The molecule has 0 unspecified atom stereocenters. The van der Waals surface area contributed by atoms with E-state index in [1.54, 1.807) is 0 Å². The third-order valence-corrected chi connectivity index (χ3v) is 1.21. The molecule has 0 aromatic carbocycles. The Bertz CT molecular complexity index is 124. The van der Waals surface area contributed by atoms with Crippen molar-refractivity contribution < 1.29 is 9.63 Å². The average molecular weight is 138 g/mol. The third kappa shape index (κ3) is 1.93. The Morgan fingerprint density at radius 1 is 1.67 bits per heavy atom. The number of hydrogen-bond donors (Lipinski definition) is 1. The Kier molecular flexibility index (Phi) is 3.16. The monoisotopic (exact) mass is 138 g/mol. The van der Waals surface area contributed by atoms with Crippen molar-refractivity contribution in [3.8, 4) is 0 Å². The molecule has 1 amide bonds. The van der Waals surface area contributed by atoms with Gasteiger partial charge in [0.15, 0.2) is 0 Å². The van der Waals surface area contributed by atoms with Crippen LogP contribution in [0.15, 0.2) is 0 Å². The van der Waals surface area contributed by atoms with E-state index in [1.807, 2.05) is 13.8 Å². The second-order valence-corrected chi connectivity index (χ2v) is 2.60. The van der Waals surface area contributed by atoms with Crippen molar-refractivity contribution in [1.82, 2.24) is 5.48 Å². The van der Waals surface area contributed by atoms with E-state index >= 15 is 0 Å². The van der Waals surface area contributed by atoms with Gasteiger partial charge >= 0.3 is 0 Å². The first-order chi connectivity index (χ1) is 3.63. The van der Waals surface area contributed by atoms with Crippen LogP contribution in [0.2, 0.25) is 0 Å². The van der Waals surface area contributed by atoms with Gasteiger partial charge < -0.3 is 0 Å². The largest absolute Gasteiger partial charge is 0.273 e. The van der Waals surface area contributed by atoms with Gasteiger partial charge in [0.1, 0.15) is 0 Å². The molecule has 1 saturated heterocycles. The van der Waals surface area contributed by atoms with Crippen LogP contribution in [0.3, 0.4) is 0 Å². The summed E-state index contributed by atoms with van der Waals surface area (Å²) in [6, 6.07) is 0. The fraction of sp³-hybridized carbons (Fsp3) is 0.800. The van der Waals surface area contributed by atoms with Crippen molar-refractivity contribution in [2.45, 2.75) is 13.8 Å². The fourth-order valence-corrected chi connectivity index (χ4v) is 0.486. The number of hydroxylamine groups is 1. The summed E-state index contributed by atoms with van der Waals surface area (Å²) >= 11 is 0. The average Bonchev–Trinajstić information content (AvgIpc) is 1.86. The van der Waals surface area contributed by atoms with E-state index in [9.17, 15) is 4.79 Å². The molecule has 1 N–H and O–H groups in total. The van der Waals surface area contributed by atoms with Crippen LogP contribution in [0.5, 0.6) is 0 Å². The molecular formula is C5H9NNaO2. The number of amides is 1. The van der Waals surface area contributed by atoms with Crippen LogP contribution in [0.1, 0.15) is 13.8 Å². The molecule has 1 radical (unpaired) electrons. The van der Waals surface area contributed by atoms with Crippen molar-refractivity contribution >= 4 is 35.5 Å². The zero-order chi connectivity index (χ0) is 6.20. The Morgan fingerprint density at radius 3 is 2.33 bits per heavy atom. The number of nitrogens with one attached hydrogen (secondary N) is 1. The van der Waals surface area contributed by atoms with Gasteiger partial charge in [-0.1, -0.05) is 0 Å². The smallest absolute Gasteiger partial charge is 0.251 e. The number of carbonyl (C=O) groups excluding carboxylic acids is 1. The maximum atomic E-state index is 10.7. The topological polar surface area (TPSA) is 38.3 Å². The SMILES string of the molecule is CC1(C)CONC1=O.[Na]. The van der Waals surface area contributed by atoms with E-state index in [-0.39, 0.29) is 40.9 Å². The van der Waals surface area contributed by atoms with Gasteiger partial charge in [0, 0.05) is 29.6 Å².